The van der Waals surface area contributed by atoms with Crippen molar-refractivity contribution in [3.63, 3.8) is 0 Å². The quantitative estimate of drug-likeness (QED) is 0.754. The summed E-state index contributed by atoms with van der Waals surface area (Å²) < 4.78 is 36.6. The third-order valence-electron chi connectivity index (χ3n) is 3.52. The van der Waals surface area contributed by atoms with Crippen molar-refractivity contribution in [2.24, 2.45) is 0 Å². The van der Waals surface area contributed by atoms with E-state index in [1.165, 1.54) is 19.2 Å². The molecular formula is C18H19F2NO2S. The van der Waals surface area contributed by atoms with E-state index in [0.29, 0.717) is 11.3 Å². The average molecular weight is 351 g/mol. The second-order valence-corrected chi connectivity index (χ2v) is 5.76. The van der Waals surface area contributed by atoms with Crippen LogP contribution in [-0.2, 0) is 11.3 Å². The monoisotopic (exact) mass is 351 g/mol. The van der Waals surface area contributed by atoms with Gasteiger partial charge in [0.15, 0.2) is 0 Å². The highest BCUT2D eigenvalue weighted by atomic mass is 32.1. The molecule has 0 fully saturated rings. The molecule has 128 valence electrons. The lowest BCUT2D eigenvalue weighted by molar-refractivity contribution is 0.151. The van der Waals surface area contributed by atoms with Crippen LogP contribution in [0.4, 0.5) is 14.5 Å². The van der Waals surface area contributed by atoms with Gasteiger partial charge in [0.2, 0.25) is 0 Å². The number of halogens is 2. The number of benzene rings is 2. The molecule has 2 aromatic carbocycles. The molecule has 0 atom stereocenters. The molecule has 0 aliphatic heterocycles. The molecule has 0 aromatic heterocycles. The summed E-state index contributed by atoms with van der Waals surface area (Å²) in [5.74, 6) is 0.749. The maximum atomic E-state index is 12.9. The fourth-order valence-corrected chi connectivity index (χ4v) is 2.36. The van der Waals surface area contributed by atoms with Crippen molar-refractivity contribution >= 4 is 23.1 Å². The lowest BCUT2D eigenvalue weighted by atomic mass is 10.1. The maximum Gasteiger partial charge on any atom is 0.263 e. The second kappa shape index (κ2) is 8.06. The van der Waals surface area contributed by atoms with Crippen LogP contribution in [0.5, 0.6) is 5.75 Å². The first-order valence-electron chi connectivity index (χ1n) is 7.36. The van der Waals surface area contributed by atoms with E-state index in [9.17, 15) is 8.78 Å². The van der Waals surface area contributed by atoms with E-state index in [-0.39, 0.29) is 17.3 Å². The van der Waals surface area contributed by atoms with Gasteiger partial charge < -0.3 is 14.8 Å². The first-order chi connectivity index (χ1) is 11.4. The summed E-state index contributed by atoms with van der Waals surface area (Å²) in [6, 6.07) is 10.2. The Bertz CT molecular complexity index is 735. The highest BCUT2D eigenvalue weighted by Crippen LogP contribution is 2.27. The van der Waals surface area contributed by atoms with Crippen LogP contribution >= 0.6 is 12.2 Å². The summed E-state index contributed by atoms with van der Waals surface area (Å²) in [5, 5.41) is 2.92. The number of anilines is 1. The number of aryl methyl sites for hydroxylation is 2. The van der Waals surface area contributed by atoms with E-state index in [0.717, 1.165) is 16.9 Å². The molecule has 0 bridgehead atoms. The van der Waals surface area contributed by atoms with E-state index in [1.54, 1.807) is 6.07 Å². The molecule has 0 heterocycles. The van der Waals surface area contributed by atoms with Crippen LogP contribution < -0.4 is 10.1 Å². The minimum Gasteiger partial charge on any atom is -0.489 e. The minimum absolute atomic E-state index is 0.0910. The zero-order valence-electron chi connectivity index (χ0n) is 13.7. The summed E-state index contributed by atoms with van der Waals surface area (Å²) >= 11 is 4.96. The highest BCUT2D eigenvalue weighted by molar-refractivity contribution is 7.80. The van der Waals surface area contributed by atoms with Crippen LogP contribution in [0, 0.1) is 13.8 Å². The van der Waals surface area contributed by atoms with Crippen molar-refractivity contribution in [3.8, 4) is 5.75 Å². The van der Waals surface area contributed by atoms with Crippen molar-refractivity contribution in [2.75, 3.05) is 12.4 Å². The van der Waals surface area contributed by atoms with Gasteiger partial charge in [0.05, 0.1) is 7.11 Å². The van der Waals surface area contributed by atoms with Gasteiger partial charge in [0.1, 0.15) is 12.4 Å². The van der Waals surface area contributed by atoms with E-state index >= 15 is 0 Å². The van der Waals surface area contributed by atoms with Crippen molar-refractivity contribution in [2.45, 2.75) is 26.9 Å². The van der Waals surface area contributed by atoms with Crippen molar-refractivity contribution in [3.05, 3.63) is 58.7 Å². The third-order valence-corrected chi connectivity index (χ3v) is 3.79. The van der Waals surface area contributed by atoms with E-state index in [1.807, 2.05) is 32.0 Å². The third kappa shape index (κ3) is 4.64. The predicted molar refractivity (Wildman–Crippen MR) is 94.9 cm³/mol. The Morgan fingerprint density at radius 3 is 2.54 bits per heavy atom. The van der Waals surface area contributed by atoms with E-state index < -0.39 is 6.43 Å². The minimum atomic E-state index is -2.56. The molecular weight excluding hydrogens is 332 g/mol. The van der Waals surface area contributed by atoms with Crippen LogP contribution in [0.2, 0.25) is 0 Å². The van der Waals surface area contributed by atoms with Gasteiger partial charge in [0, 0.05) is 16.8 Å². The molecule has 3 nitrogen and oxygen atoms in total. The average Bonchev–Trinajstić information content (AvgIpc) is 2.54. The van der Waals surface area contributed by atoms with Crippen LogP contribution in [0.1, 0.15) is 28.7 Å². The van der Waals surface area contributed by atoms with Crippen molar-refractivity contribution in [1.82, 2.24) is 0 Å². The zero-order valence-corrected chi connectivity index (χ0v) is 14.5. The number of methoxy groups -OCH3 is 1. The number of hydrogen-bond donors (Lipinski definition) is 1. The first-order valence-corrected chi connectivity index (χ1v) is 7.77. The Labute approximate surface area is 145 Å². The lowest BCUT2D eigenvalue weighted by Gasteiger charge is -2.15. The molecule has 0 amide bonds. The summed E-state index contributed by atoms with van der Waals surface area (Å²) in [4.78, 5) is 0. The van der Waals surface area contributed by atoms with Crippen LogP contribution in [-0.4, -0.2) is 12.3 Å². The molecule has 6 heteroatoms. The number of nitrogens with one attached hydrogen (secondary N) is 1. The Morgan fingerprint density at radius 2 is 1.92 bits per heavy atom. The van der Waals surface area contributed by atoms with Crippen LogP contribution in [0.3, 0.4) is 0 Å². The van der Waals surface area contributed by atoms with Gasteiger partial charge in [-0.25, -0.2) is 8.78 Å². The molecule has 2 rings (SSSR count). The van der Waals surface area contributed by atoms with E-state index in [2.05, 4.69) is 5.32 Å². The molecule has 0 aliphatic carbocycles. The largest absolute Gasteiger partial charge is 0.489 e. The smallest absolute Gasteiger partial charge is 0.263 e. The van der Waals surface area contributed by atoms with Crippen LogP contribution in [0.15, 0.2) is 36.4 Å². The first kappa shape index (κ1) is 18.1. The second-order valence-electron chi connectivity index (χ2n) is 5.39. The summed E-state index contributed by atoms with van der Waals surface area (Å²) in [6.45, 7) is 4.19. The Hall–Kier alpha value is -2.21. The molecule has 0 saturated carbocycles. The summed E-state index contributed by atoms with van der Waals surface area (Å²) in [6.07, 6.45) is -2.56. The molecule has 0 aliphatic rings. The van der Waals surface area contributed by atoms with Gasteiger partial charge in [-0.05, 0) is 43.8 Å². The predicted octanol–water partition coefficient (Wildman–Crippen LogP) is 5.16. The zero-order chi connectivity index (χ0) is 17.7. The van der Waals surface area contributed by atoms with Gasteiger partial charge in [0.25, 0.3) is 11.6 Å². The van der Waals surface area contributed by atoms with Gasteiger partial charge in [-0.15, -0.1) is 0 Å². The number of hydrogen-bond acceptors (Lipinski definition) is 3. The van der Waals surface area contributed by atoms with E-state index in [4.69, 9.17) is 21.7 Å². The number of thiocarbonyl (C=S) groups is 1. The summed E-state index contributed by atoms with van der Waals surface area (Å²) in [5.41, 5.74) is 3.23. The Balaban J connectivity index is 2.22. The molecule has 0 spiro atoms. The van der Waals surface area contributed by atoms with Crippen LogP contribution in [0.25, 0.3) is 0 Å². The van der Waals surface area contributed by atoms with Gasteiger partial charge in [-0.1, -0.05) is 29.8 Å². The molecule has 0 unspecified atom stereocenters. The van der Waals surface area contributed by atoms with Crippen molar-refractivity contribution in [1.29, 1.82) is 0 Å². The molecule has 1 N–H and O–H groups in total. The maximum absolute atomic E-state index is 12.9. The highest BCUT2D eigenvalue weighted by Gasteiger charge is 2.13. The standard InChI is InChI=1S/C18H19F2NO2S/c1-11-4-7-16(12(2)8-11)23-10-14-6-5-13(17(19)20)9-15(14)21-18(24)22-3/h4-9,17H,10H2,1-3H3,(H,21,24). The SMILES string of the molecule is COC(=S)Nc1cc(C(F)F)ccc1COc1ccc(C)cc1C. The molecule has 24 heavy (non-hydrogen) atoms. The molecule has 0 radical (unpaired) electrons. The number of ether oxygens (including phenoxy) is 2. The van der Waals surface area contributed by atoms with Gasteiger partial charge in [-0.2, -0.15) is 0 Å². The van der Waals surface area contributed by atoms with Gasteiger partial charge in [-0.3, -0.25) is 0 Å². The number of alkyl halides is 2. The topological polar surface area (TPSA) is 30.5 Å². The molecule has 2 aromatic rings. The number of rotatable bonds is 5. The van der Waals surface area contributed by atoms with Gasteiger partial charge >= 0.3 is 0 Å². The summed E-state index contributed by atoms with van der Waals surface area (Å²) in [7, 11) is 1.41. The fourth-order valence-electron chi connectivity index (χ4n) is 2.25. The lowest BCUT2D eigenvalue weighted by Crippen LogP contribution is -2.13. The van der Waals surface area contributed by atoms with Crippen molar-refractivity contribution < 1.29 is 18.3 Å². The molecule has 0 saturated heterocycles. The Kier molecular flexibility index (Phi) is 6.09. The normalized spacial score (nSPS) is 10.6. The fraction of sp³-hybridized carbons (Fsp3) is 0.278. The Morgan fingerprint density at radius 1 is 1.17 bits per heavy atom.